The fourth-order valence-corrected chi connectivity index (χ4v) is 8.37. The SMILES string of the molecule is Cn1nc(NS(C)(=O)=O)c2c(Cl)ccc(-c3ccc(C#CC4CNCCO4)nc3[C@H](Cc3cc(F)cc(F)c3)NC(=O)Cn3nc(C(F)(F)F)c4c3C(F)(F)[C@@H]3C#C[C@H]43)c21. The molecule has 3 aliphatic rings. The number of hydrogen-bond donors (Lipinski definition) is 3. The lowest BCUT2D eigenvalue weighted by molar-refractivity contribution is -0.142. The highest BCUT2D eigenvalue weighted by Crippen LogP contribution is 2.58. The summed E-state index contributed by atoms with van der Waals surface area (Å²) in [5.41, 5.74) is -2.49. The zero-order valence-corrected chi connectivity index (χ0v) is 32.8. The lowest BCUT2D eigenvalue weighted by Crippen LogP contribution is -2.37. The van der Waals surface area contributed by atoms with Gasteiger partial charge in [0, 0.05) is 42.9 Å². The molecule has 0 bridgehead atoms. The normalized spacial score (nSPS) is 19.6. The van der Waals surface area contributed by atoms with Crippen molar-refractivity contribution in [3.05, 3.63) is 93.0 Å². The van der Waals surface area contributed by atoms with E-state index in [1.807, 2.05) is 0 Å². The Balaban J connectivity index is 1.27. The lowest BCUT2D eigenvalue weighted by Gasteiger charge is -2.24. The Hall–Kier alpha value is -5.67. The minimum absolute atomic E-state index is 0.00315. The summed E-state index contributed by atoms with van der Waals surface area (Å²) < 4.78 is 137. The molecular formula is C39H30ClF7N8O4S. The first kappa shape index (κ1) is 41.1. The van der Waals surface area contributed by atoms with E-state index in [-0.39, 0.29) is 44.3 Å². The number of sulfonamides is 1. The van der Waals surface area contributed by atoms with Gasteiger partial charge in [-0.05, 0) is 48.2 Å². The van der Waals surface area contributed by atoms with Crippen LogP contribution in [0, 0.1) is 41.2 Å². The minimum Gasteiger partial charge on any atom is -0.363 e. The van der Waals surface area contributed by atoms with Crippen LogP contribution >= 0.6 is 11.6 Å². The molecular weight excluding hydrogens is 845 g/mol. The van der Waals surface area contributed by atoms with E-state index < -0.39 is 93.6 Å². The fraction of sp³-hybridized carbons (Fsp3) is 0.333. The van der Waals surface area contributed by atoms with Crippen LogP contribution in [0.2, 0.25) is 5.02 Å². The van der Waals surface area contributed by atoms with Crippen molar-refractivity contribution in [1.29, 1.82) is 0 Å². The monoisotopic (exact) mass is 874 g/mol. The molecule has 2 aliphatic carbocycles. The second-order valence-electron chi connectivity index (χ2n) is 14.4. The number of anilines is 1. The summed E-state index contributed by atoms with van der Waals surface area (Å²) in [6.07, 6.45) is -5.14. The molecule has 0 radical (unpaired) electrons. The summed E-state index contributed by atoms with van der Waals surface area (Å²) in [7, 11) is -2.34. The highest BCUT2D eigenvalue weighted by molar-refractivity contribution is 7.92. The Bertz CT molecular complexity index is 2810. The molecule has 4 atom stereocenters. The van der Waals surface area contributed by atoms with E-state index in [1.165, 1.54) is 17.8 Å². The number of amides is 1. The van der Waals surface area contributed by atoms with Crippen LogP contribution in [0.25, 0.3) is 22.0 Å². The summed E-state index contributed by atoms with van der Waals surface area (Å²) in [5, 5.41) is 13.8. The smallest absolute Gasteiger partial charge is 0.363 e. The second kappa shape index (κ2) is 15.1. The molecule has 12 nitrogen and oxygen atoms in total. The summed E-state index contributed by atoms with van der Waals surface area (Å²) >= 11 is 6.59. The first-order chi connectivity index (χ1) is 28.3. The highest BCUT2D eigenvalue weighted by Gasteiger charge is 2.62. The van der Waals surface area contributed by atoms with Crippen LogP contribution in [0.1, 0.15) is 45.9 Å². The van der Waals surface area contributed by atoms with Gasteiger partial charge >= 0.3 is 12.1 Å². The second-order valence-corrected chi connectivity index (χ2v) is 16.5. The molecule has 3 N–H and O–H groups in total. The Morgan fingerprint density at radius 2 is 1.85 bits per heavy atom. The number of benzene rings is 2. The maximum atomic E-state index is 15.6. The van der Waals surface area contributed by atoms with Crippen molar-refractivity contribution < 1.29 is 48.7 Å². The summed E-state index contributed by atoms with van der Waals surface area (Å²) in [6, 6.07) is 7.37. The van der Waals surface area contributed by atoms with E-state index in [2.05, 4.69) is 49.2 Å². The third-order valence-electron chi connectivity index (χ3n) is 10.0. The average molecular weight is 875 g/mol. The number of carbonyl (C=O) groups excluding carboxylic acids is 1. The summed E-state index contributed by atoms with van der Waals surface area (Å²) in [4.78, 5) is 18.8. The Labute approximate surface area is 341 Å². The van der Waals surface area contributed by atoms with Crippen LogP contribution < -0.4 is 15.4 Å². The van der Waals surface area contributed by atoms with Gasteiger partial charge in [-0.25, -0.2) is 22.2 Å². The number of fused-ring (bicyclic) bond motifs is 4. The number of nitrogens with zero attached hydrogens (tertiary/aromatic N) is 5. The van der Waals surface area contributed by atoms with Crippen molar-refractivity contribution in [2.45, 2.75) is 43.1 Å². The first-order valence-electron chi connectivity index (χ1n) is 18.1. The van der Waals surface area contributed by atoms with Crippen molar-refractivity contribution in [2.75, 3.05) is 30.7 Å². The first-order valence-corrected chi connectivity index (χ1v) is 20.3. The molecule has 0 saturated carbocycles. The predicted molar refractivity (Wildman–Crippen MR) is 203 cm³/mol. The number of carbonyl (C=O) groups is 1. The molecule has 1 saturated heterocycles. The molecule has 0 spiro atoms. The zero-order chi connectivity index (χ0) is 42.9. The average Bonchev–Trinajstić information content (AvgIpc) is 3.71. The van der Waals surface area contributed by atoms with E-state index in [1.54, 1.807) is 18.2 Å². The maximum absolute atomic E-state index is 15.6. The largest absolute Gasteiger partial charge is 0.435 e. The van der Waals surface area contributed by atoms with Crippen LogP contribution in [0.3, 0.4) is 0 Å². The third kappa shape index (κ3) is 7.76. The van der Waals surface area contributed by atoms with Gasteiger partial charge in [0.05, 0.1) is 46.4 Å². The number of morpholine rings is 1. The number of pyridine rings is 1. The molecule has 3 aromatic heterocycles. The Morgan fingerprint density at radius 1 is 1.12 bits per heavy atom. The molecule has 312 valence electrons. The van der Waals surface area contributed by atoms with Gasteiger partial charge in [0.25, 0.3) is 0 Å². The molecule has 21 heteroatoms. The van der Waals surface area contributed by atoms with Gasteiger partial charge in [-0.3, -0.25) is 18.9 Å². The maximum Gasteiger partial charge on any atom is 0.435 e. The van der Waals surface area contributed by atoms with Crippen molar-refractivity contribution in [3.63, 3.8) is 0 Å². The van der Waals surface area contributed by atoms with Gasteiger partial charge in [-0.2, -0.15) is 32.1 Å². The van der Waals surface area contributed by atoms with E-state index in [0.29, 0.717) is 36.0 Å². The number of aromatic nitrogens is 5. The zero-order valence-electron chi connectivity index (χ0n) is 31.2. The molecule has 1 amide bonds. The van der Waals surface area contributed by atoms with Crippen LogP contribution in [-0.2, 0) is 51.7 Å². The number of nitrogens with one attached hydrogen (secondary N) is 3. The van der Waals surface area contributed by atoms with Crippen molar-refractivity contribution >= 4 is 44.3 Å². The van der Waals surface area contributed by atoms with Gasteiger partial charge < -0.3 is 15.4 Å². The number of halogens is 8. The number of alkyl halides is 5. The van der Waals surface area contributed by atoms with Gasteiger partial charge in [0.2, 0.25) is 15.9 Å². The summed E-state index contributed by atoms with van der Waals surface area (Å²) in [6.45, 7) is 0.297. The predicted octanol–water partition coefficient (Wildman–Crippen LogP) is 5.42. The quantitative estimate of drug-likeness (QED) is 0.132. The van der Waals surface area contributed by atoms with E-state index >= 15 is 8.78 Å². The Kier molecular flexibility index (Phi) is 10.3. The van der Waals surface area contributed by atoms with Gasteiger partial charge in [-0.15, -0.1) is 0 Å². The summed E-state index contributed by atoms with van der Waals surface area (Å²) in [5.74, 6) is 0.303. The minimum atomic E-state index is -5.15. The molecule has 4 heterocycles. The van der Waals surface area contributed by atoms with Crippen LogP contribution in [0.5, 0.6) is 0 Å². The van der Waals surface area contributed by atoms with E-state index in [9.17, 15) is 35.2 Å². The molecule has 8 rings (SSSR count). The lowest BCUT2D eigenvalue weighted by atomic mass is 9.84. The number of hydrogen-bond acceptors (Lipinski definition) is 8. The van der Waals surface area contributed by atoms with Crippen molar-refractivity contribution in [1.82, 2.24) is 35.2 Å². The highest BCUT2D eigenvalue weighted by atomic mass is 35.5. The van der Waals surface area contributed by atoms with Crippen LogP contribution in [-0.4, -0.2) is 70.9 Å². The van der Waals surface area contributed by atoms with E-state index in [4.69, 9.17) is 21.3 Å². The van der Waals surface area contributed by atoms with Crippen molar-refractivity contribution in [3.8, 4) is 34.8 Å². The topological polar surface area (TPSA) is 145 Å². The Morgan fingerprint density at radius 3 is 2.50 bits per heavy atom. The van der Waals surface area contributed by atoms with Gasteiger partial charge in [0.15, 0.2) is 11.5 Å². The van der Waals surface area contributed by atoms with Gasteiger partial charge in [-0.1, -0.05) is 35.4 Å². The molecule has 1 unspecified atom stereocenters. The third-order valence-corrected chi connectivity index (χ3v) is 10.9. The number of aryl methyl sites for hydroxylation is 1. The molecule has 5 aromatic rings. The van der Waals surface area contributed by atoms with Crippen LogP contribution in [0.4, 0.5) is 36.6 Å². The number of rotatable bonds is 9. The van der Waals surface area contributed by atoms with E-state index in [0.717, 1.165) is 18.4 Å². The molecule has 1 fully saturated rings. The molecule has 2 aromatic carbocycles. The van der Waals surface area contributed by atoms with Crippen LogP contribution in [0.15, 0.2) is 42.5 Å². The number of ether oxygens (including phenoxy) is 1. The van der Waals surface area contributed by atoms with Gasteiger partial charge in [0.1, 0.15) is 41.6 Å². The standard InChI is InChI=1S/C39H30ClF7N8O4S/c1-54-34-25(8-10-28(40)32(34)37(52-54)53-60(2,57)58)24-6-4-22(3-5-23-17-48-11-12-59-23)49-33(24)29(15-19-13-20(41)16-21(42)14-19)50-30(56)18-55-36-31(35(51-55)39(45,46)47)26-7-9-27(26)38(36,43)44/h4,6,8,10,13-14,16,23,26-27,29,48H,11-12,15,17-18H2,1-2H3,(H,50,56)(H,52,53)/t23?,26-,27+,29-/m0/s1. The van der Waals surface area contributed by atoms with Crippen molar-refractivity contribution in [2.24, 2.45) is 13.0 Å². The fourth-order valence-electron chi connectivity index (χ4n) is 7.63. The molecule has 1 aliphatic heterocycles. The molecule has 60 heavy (non-hydrogen) atoms.